The highest BCUT2D eigenvalue weighted by atomic mass is 16.5. The van der Waals surface area contributed by atoms with Gasteiger partial charge in [0.05, 0.1) is 26.2 Å². The number of rotatable bonds is 7. The van der Waals surface area contributed by atoms with Crippen molar-refractivity contribution in [3.05, 3.63) is 59.7 Å². The fraction of sp³-hybridized carbons (Fsp3) is 0.417. The van der Waals surface area contributed by atoms with Gasteiger partial charge < -0.3 is 19.7 Å². The standard InChI is InChI=1S/C24H30N2O4/c1-18-5-4-6-21(15-18)20-9-7-19(8-10-20)16-24(23(28)25-2)17-26(12-14-30-24)22(27)11-13-29-3/h4-10,15H,11-14,16-17H2,1-3H3,(H,25,28). The Hall–Kier alpha value is -2.70. The van der Waals surface area contributed by atoms with Crippen molar-refractivity contribution in [3.63, 3.8) is 0 Å². The second kappa shape index (κ2) is 9.87. The molecular weight excluding hydrogens is 380 g/mol. The maximum absolute atomic E-state index is 12.8. The summed E-state index contributed by atoms with van der Waals surface area (Å²) in [6.07, 6.45) is 0.695. The van der Waals surface area contributed by atoms with E-state index in [9.17, 15) is 9.59 Å². The molecule has 2 aromatic carbocycles. The Morgan fingerprint density at radius 2 is 1.93 bits per heavy atom. The van der Waals surface area contributed by atoms with Gasteiger partial charge in [0.2, 0.25) is 5.91 Å². The van der Waals surface area contributed by atoms with Crippen molar-refractivity contribution in [1.29, 1.82) is 0 Å². The van der Waals surface area contributed by atoms with E-state index in [4.69, 9.17) is 9.47 Å². The smallest absolute Gasteiger partial charge is 0.254 e. The molecule has 1 N–H and O–H groups in total. The Labute approximate surface area is 178 Å². The first-order valence-electron chi connectivity index (χ1n) is 10.3. The summed E-state index contributed by atoms with van der Waals surface area (Å²) in [7, 11) is 3.17. The summed E-state index contributed by atoms with van der Waals surface area (Å²) in [6, 6.07) is 16.5. The Morgan fingerprint density at radius 3 is 2.60 bits per heavy atom. The van der Waals surface area contributed by atoms with E-state index in [2.05, 4.69) is 42.6 Å². The molecule has 1 aliphatic rings. The third-order valence-corrected chi connectivity index (χ3v) is 5.49. The molecular formula is C24H30N2O4. The van der Waals surface area contributed by atoms with Crippen molar-refractivity contribution < 1.29 is 19.1 Å². The second-order valence-corrected chi connectivity index (χ2v) is 7.72. The molecule has 0 aliphatic carbocycles. The summed E-state index contributed by atoms with van der Waals surface area (Å²) < 4.78 is 11.0. The quantitative estimate of drug-likeness (QED) is 0.762. The first-order valence-corrected chi connectivity index (χ1v) is 10.3. The normalized spacial score (nSPS) is 18.8. The lowest BCUT2D eigenvalue weighted by atomic mass is 9.90. The molecule has 6 nitrogen and oxygen atoms in total. The van der Waals surface area contributed by atoms with E-state index in [0.717, 1.165) is 16.7 Å². The Morgan fingerprint density at radius 1 is 1.17 bits per heavy atom. The van der Waals surface area contributed by atoms with Crippen LogP contribution in [-0.4, -0.2) is 62.8 Å². The number of aryl methyl sites for hydroxylation is 1. The molecule has 0 saturated carbocycles. The third-order valence-electron chi connectivity index (χ3n) is 5.49. The summed E-state index contributed by atoms with van der Waals surface area (Å²) in [5.41, 5.74) is 3.38. The van der Waals surface area contributed by atoms with Crippen LogP contribution in [0.15, 0.2) is 48.5 Å². The summed E-state index contributed by atoms with van der Waals surface area (Å²) >= 11 is 0. The fourth-order valence-corrected chi connectivity index (χ4v) is 3.87. The molecule has 1 heterocycles. The topological polar surface area (TPSA) is 67.9 Å². The summed E-state index contributed by atoms with van der Waals surface area (Å²) in [5, 5.41) is 2.72. The predicted octanol–water partition coefficient (Wildman–Crippen LogP) is 2.58. The number of hydrogen-bond donors (Lipinski definition) is 1. The van der Waals surface area contributed by atoms with Gasteiger partial charge in [-0.3, -0.25) is 9.59 Å². The molecule has 0 radical (unpaired) electrons. The van der Waals surface area contributed by atoms with Crippen LogP contribution in [-0.2, 0) is 25.5 Å². The zero-order chi connectivity index (χ0) is 21.6. The van der Waals surface area contributed by atoms with E-state index in [0.29, 0.717) is 32.6 Å². The number of benzene rings is 2. The van der Waals surface area contributed by atoms with Gasteiger partial charge in [0, 0.05) is 27.1 Å². The Balaban J connectivity index is 1.79. The SMILES string of the molecule is CNC(=O)C1(Cc2ccc(-c3cccc(C)c3)cc2)CN(C(=O)CCOC)CCO1. The number of carbonyl (C=O) groups excluding carboxylic acids is 2. The number of hydrogen-bond acceptors (Lipinski definition) is 4. The molecule has 6 heteroatoms. The average molecular weight is 411 g/mol. The fourth-order valence-electron chi connectivity index (χ4n) is 3.87. The molecule has 30 heavy (non-hydrogen) atoms. The molecule has 2 amide bonds. The van der Waals surface area contributed by atoms with E-state index in [1.165, 1.54) is 5.56 Å². The highest BCUT2D eigenvalue weighted by molar-refractivity contribution is 5.87. The van der Waals surface area contributed by atoms with E-state index in [-0.39, 0.29) is 18.4 Å². The summed E-state index contributed by atoms with van der Waals surface area (Å²) in [5.74, 6) is -0.238. The number of nitrogens with zero attached hydrogens (tertiary/aromatic N) is 1. The minimum absolute atomic E-state index is 0.0248. The van der Waals surface area contributed by atoms with Gasteiger partial charge in [-0.25, -0.2) is 0 Å². The molecule has 0 bridgehead atoms. The van der Waals surface area contributed by atoms with Crippen LogP contribution in [0.25, 0.3) is 11.1 Å². The lowest BCUT2D eigenvalue weighted by Gasteiger charge is -2.41. The van der Waals surface area contributed by atoms with Gasteiger partial charge in [-0.05, 0) is 23.6 Å². The summed E-state index contributed by atoms with van der Waals surface area (Å²) in [4.78, 5) is 27.0. The number of ether oxygens (including phenoxy) is 2. The number of amides is 2. The van der Waals surface area contributed by atoms with Crippen LogP contribution in [0.4, 0.5) is 0 Å². The van der Waals surface area contributed by atoms with Crippen LogP contribution in [0.5, 0.6) is 0 Å². The lowest BCUT2D eigenvalue weighted by Crippen LogP contribution is -2.61. The van der Waals surface area contributed by atoms with Crippen LogP contribution < -0.4 is 5.32 Å². The Bertz CT molecular complexity index is 881. The maximum atomic E-state index is 12.8. The number of methoxy groups -OCH3 is 1. The van der Waals surface area contributed by atoms with Crippen LogP contribution in [0.3, 0.4) is 0 Å². The molecule has 1 aliphatic heterocycles. The molecule has 0 spiro atoms. The van der Waals surface area contributed by atoms with Crippen LogP contribution >= 0.6 is 0 Å². The highest BCUT2D eigenvalue weighted by Gasteiger charge is 2.44. The van der Waals surface area contributed by atoms with Crippen molar-refractivity contribution in [1.82, 2.24) is 10.2 Å². The summed E-state index contributed by atoms with van der Waals surface area (Å²) in [6.45, 7) is 3.48. The minimum Gasteiger partial charge on any atom is -0.384 e. The van der Waals surface area contributed by atoms with Crippen molar-refractivity contribution in [2.45, 2.75) is 25.4 Å². The van der Waals surface area contributed by atoms with E-state index in [1.807, 2.05) is 18.2 Å². The molecule has 1 saturated heterocycles. The Kier molecular flexibility index (Phi) is 7.24. The second-order valence-electron chi connectivity index (χ2n) is 7.72. The first kappa shape index (κ1) is 22.0. The lowest BCUT2D eigenvalue weighted by molar-refractivity contribution is -0.166. The zero-order valence-corrected chi connectivity index (χ0v) is 17.9. The van der Waals surface area contributed by atoms with Crippen molar-refractivity contribution in [2.75, 3.05) is 40.5 Å². The van der Waals surface area contributed by atoms with Crippen LogP contribution in [0.1, 0.15) is 17.5 Å². The highest BCUT2D eigenvalue weighted by Crippen LogP contribution is 2.27. The van der Waals surface area contributed by atoms with Gasteiger partial charge in [-0.1, -0.05) is 54.1 Å². The molecule has 1 atom stereocenters. The van der Waals surface area contributed by atoms with Crippen LogP contribution in [0.2, 0.25) is 0 Å². The van der Waals surface area contributed by atoms with Gasteiger partial charge in [0.15, 0.2) is 5.60 Å². The maximum Gasteiger partial charge on any atom is 0.254 e. The van der Waals surface area contributed by atoms with Gasteiger partial charge in [0.25, 0.3) is 5.91 Å². The average Bonchev–Trinajstić information content (AvgIpc) is 2.77. The molecule has 0 aromatic heterocycles. The minimum atomic E-state index is -1.10. The van der Waals surface area contributed by atoms with Gasteiger partial charge in [-0.15, -0.1) is 0 Å². The van der Waals surface area contributed by atoms with Crippen molar-refractivity contribution in [3.8, 4) is 11.1 Å². The molecule has 1 fully saturated rings. The van der Waals surface area contributed by atoms with Crippen molar-refractivity contribution in [2.24, 2.45) is 0 Å². The first-order chi connectivity index (χ1) is 14.5. The monoisotopic (exact) mass is 410 g/mol. The van der Waals surface area contributed by atoms with Gasteiger partial charge >= 0.3 is 0 Å². The predicted molar refractivity (Wildman–Crippen MR) is 116 cm³/mol. The molecule has 160 valence electrons. The zero-order valence-electron chi connectivity index (χ0n) is 17.9. The largest absolute Gasteiger partial charge is 0.384 e. The number of nitrogens with one attached hydrogen (secondary N) is 1. The van der Waals surface area contributed by atoms with E-state index < -0.39 is 5.60 Å². The number of likely N-dealkylation sites (N-methyl/N-ethyl adjacent to an activating group) is 1. The van der Waals surface area contributed by atoms with Gasteiger partial charge in [0.1, 0.15) is 0 Å². The molecule has 2 aromatic rings. The van der Waals surface area contributed by atoms with Gasteiger partial charge in [-0.2, -0.15) is 0 Å². The van der Waals surface area contributed by atoms with E-state index in [1.54, 1.807) is 19.1 Å². The molecule has 1 unspecified atom stereocenters. The van der Waals surface area contributed by atoms with Crippen LogP contribution in [0, 0.1) is 6.92 Å². The molecule has 3 rings (SSSR count). The van der Waals surface area contributed by atoms with Crippen molar-refractivity contribution >= 4 is 11.8 Å². The number of morpholine rings is 1. The third kappa shape index (κ3) is 5.07. The van der Waals surface area contributed by atoms with E-state index >= 15 is 0 Å². The number of carbonyl (C=O) groups is 2.